The van der Waals surface area contributed by atoms with Gasteiger partial charge < -0.3 is 14.2 Å². The Bertz CT molecular complexity index is 637. The lowest BCUT2D eigenvalue weighted by Crippen LogP contribution is -2.50. The molecule has 1 N–H and O–H groups in total. The molecule has 5 heteroatoms. The van der Waals surface area contributed by atoms with Crippen LogP contribution in [0.5, 0.6) is 11.5 Å². The number of amides is 1. The van der Waals surface area contributed by atoms with E-state index in [0.717, 1.165) is 12.3 Å². The second-order valence-electron chi connectivity index (χ2n) is 7.72. The van der Waals surface area contributed by atoms with Crippen molar-refractivity contribution < 1.29 is 19.0 Å². The minimum absolute atomic E-state index is 0.0732. The minimum Gasteiger partial charge on any atom is -0.454 e. The van der Waals surface area contributed by atoms with Crippen LogP contribution >= 0.6 is 0 Å². The molecule has 0 unspecified atom stereocenters. The molecule has 0 saturated heterocycles. The third kappa shape index (κ3) is 3.29. The van der Waals surface area contributed by atoms with Crippen molar-refractivity contribution in [2.45, 2.75) is 64.4 Å². The molecule has 0 bridgehead atoms. The SMILES string of the molecule is CCCC1CCC2(CC1)CC[C@H]2OC(=O)Nc1ccc2c(c1)OCO2. The van der Waals surface area contributed by atoms with Crippen molar-refractivity contribution >= 4 is 11.8 Å². The number of ether oxygens (including phenoxy) is 3. The Labute approximate surface area is 149 Å². The second-order valence-corrected chi connectivity index (χ2v) is 7.72. The summed E-state index contributed by atoms with van der Waals surface area (Å²) in [6.45, 7) is 2.49. The first-order valence-corrected chi connectivity index (χ1v) is 9.56. The van der Waals surface area contributed by atoms with Crippen molar-refractivity contribution in [3.05, 3.63) is 18.2 Å². The Morgan fingerprint density at radius 2 is 1.96 bits per heavy atom. The molecule has 1 spiro atoms. The monoisotopic (exact) mass is 345 g/mol. The Hall–Kier alpha value is -1.91. The largest absolute Gasteiger partial charge is 0.454 e. The fraction of sp³-hybridized carbons (Fsp3) is 0.650. The van der Waals surface area contributed by atoms with E-state index in [0.29, 0.717) is 17.2 Å². The lowest BCUT2D eigenvalue weighted by atomic mass is 9.57. The van der Waals surface area contributed by atoms with Gasteiger partial charge in [-0.25, -0.2) is 4.79 Å². The molecule has 1 heterocycles. The normalized spacial score (nSPS) is 30.0. The highest BCUT2D eigenvalue weighted by Crippen LogP contribution is 2.54. The molecule has 136 valence electrons. The van der Waals surface area contributed by atoms with Gasteiger partial charge in [-0.3, -0.25) is 5.32 Å². The maximum Gasteiger partial charge on any atom is 0.411 e. The van der Waals surface area contributed by atoms with Crippen molar-refractivity contribution in [2.24, 2.45) is 11.3 Å². The molecular weight excluding hydrogens is 318 g/mol. The Morgan fingerprint density at radius 3 is 2.68 bits per heavy atom. The van der Waals surface area contributed by atoms with Gasteiger partial charge in [-0.1, -0.05) is 19.8 Å². The van der Waals surface area contributed by atoms with E-state index >= 15 is 0 Å². The number of anilines is 1. The predicted molar refractivity (Wildman–Crippen MR) is 95.0 cm³/mol. The van der Waals surface area contributed by atoms with Gasteiger partial charge in [-0.2, -0.15) is 0 Å². The number of nitrogens with one attached hydrogen (secondary N) is 1. The summed E-state index contributed by atoms with van der Waals surface area (Å²) in [6.07, 6.45) is 9.51. The molecule has 3 aliphatic rings. The highest BCUT2D eigenvalue weighted by atomic mass is 16.7. The molecule has 0 aromatic heterocycles. The quantitative estimate of drug-likeness (QED) is 0.824. The van der Waals surface area contributed by atoms with Crippen LogP contribution in [0.3, 0.4) is 0 Å². The maximum absolute atomic E-state index is 12.3. The van der Waals surface area contributed by atoms with E-state index in [1.54, 1.807) is 18.2 Å². The van der Waals surface area contributed by atoms with E-state index < -0.39 is 0 Å². The van der Waals surface area contributed by atoms with Crippen LogP contribution in [0.4, 0.5) is 10.5 Å². The average molecular weight is 345 g/mol. The van der Waals surface area contributed by atoms with Crippen molar-refractivity contribution in [3.8, 4) is 11.5 Å². The average Bonchev–Trinajstić information content (AvgIpc) is 3.07. The molecule has 1 amide bonds. The zero-order valence-electron chi connectivity index (χ0n) is 14.9. The zero-order valence-corrected chi connectivity index (χ0v) is 14.9. The Morgan fingerprint density at radius 1 is 1.20 bits per heavy atom. The summed E-state index contributed by atoms with van der Waals surface area (Å²) in [6, 6.07) is 5.38. The van der Waals surface area contributed by atoms with Gasteiger partial charge in [0.1, 0.15) is 6.10 Å². The van der Waals surface area contributed by atoms with E-state index in [1.807, 2.05) is 0 Å². The first kappa shape index (κ1) is 16.6. The van der Waals surface area contributed by atoms with Crippen LogP contribution in [0, 0.1) is 11.3 Å². The van der Waals surface area contributed by atoms with Crippen molar-refractivity contribution in [3.63, 3.8) is 0 Å². The summed E-state index contributed by atoms with van der Waals surface area (Å²) < 4.78 is 16.4. The summed E-state index contributed by atoms with van der Waals surface area (Å²) in [5.74, 6) is 2.24. The number of benzene rings is 1. The van der Waals surface area contributed by atoms with E-state index in [2.05, 4.69) is 12.2 Å². The fourth-order valence-electron chi connectivity index (χ4n) is 4.63. The Balaban J connectivity index is 1.31. The van der Waals surface area contributed by atoms with Crippen molar-refractivity contribution in [1.29, 1.82) is 0 Å². The number of carbonyl (C=O) groups is 1. The number of rotatable bonds is 4. The molecule has 2 fully saturated rings. The smallest absolute Gasteiger partial charge is 0.411 e. The molecule has 1 aromatic carbocycles. The highest BCUT2D eigenvalue weighted by Gasteiger charge is 2.50. The molecule has 4 rings (SSSR count). The third-order valence-corrected chi connectivity index (χ3v) is 6.25. The molecule has 1 aliphatic heterocycles. The first-order valence-electron chi connectivity index (χ1n) is 9.56. The van der Waals surface area contributed by atoms with Crippen LogP contribution in [0.15, 0.2) is 18.2 Å². The topological polar surface area (TPSA) is 56.8 Å². The van der Waals surface area contributed by atoms with Gasteiger partial charge in [-0.15, -0.1) is 0 Å². The van der Waals surface area contributed by atoms with Crippen LogP contribution in [-0.4, -0.2) is 19.0 Å². The molecule has 2 saturated carbocycles. The van der Waals surface area contributed by atoms with E-state index in [1.165, 1.54) is 44.9 Å². The van der Waals surface area contributed by atoms with E-state index in [-0.39, 0.29) is 24.4 Å². The fourth-order valence-corrected chi connectivity index (χ4v) is 4.63. The molecule has 1 atom stereocenters. The maximum atomic E-state index is 12.3. The van der Waals surface area contributed by atoms with Gasteiger partial charge in [0.25, 0.3) is 0 Å². The van der Waals surface area contributed by atoms with Crippen molar-refractivity contribution in [2.75, 3.05) is 12.1 Å². The molecule has 0 radical (unpaired) electrons. The molecular formula is C20H27NO4. The first-order chi connectivity index (χ1) is 12.2. The zero-order chi connectivity index (χ0) is 17.3. The third-order valence-electron chi connectivity index (χ3n) is 6.25. The van der Waals surface area contributed by atoms with Gasteiger partial charge in [0, 0.05) is 17.2 Å². The standard InChI is InChI=1S/C20H27NO4/c1-2-3-14-6-9-20(10-7-14)11-8-18(20)25-19(22)21-15-4-5-16-17(12-15)24-13-23-16/h4-5,12,14,18H,2-3,6-11,13H2,1H3,(H,21,22)/t14?,18-,20?/m1/s1. The summed E-state index contributed by atoms with van der Waals surface area (Å²) in [7, 11) is 0. The molecule has 5 nitrogen and oxygen atoms in total. The minimum atomic E-state index is -0.362. The lowest BCUT2D eigenvalue weighted by molar-refractivity contribution is -0.0962. The van der Waals surface area contributed by atoms with Crippen LogP contribution in [-0.2, 0) is 4.74 Å². The van der Waals surface area contributed by atoms with Gasteiger partial charge in [0.2, 0.25) is 6.79 Å². The van der Waals surface area contributed by atoms with Crippen LogP contribution in [0.1, 0.15) is 58.3 Å². The van der Waals surface area contributed by atoms with Gasteiger partial charge >= 0.3 is 6.09 Å². The number of fused-ring (bicyclic) bond motifs is 1. The second kappa shape index (κ2) is 6.77. The van der Waals surface area contributed by atoms with E-state index in [9.17, 15) is 4.79 Å². The summed E-state index contributed by atoms with van der Waals surface area (Å²) in [5.41, 5.74) is 0.922. The molecule has 1 aromatic rings. The summed E-state index contributed by atoms with van der Waals surface area (Å²) in [4.78, 5) is 12.3. The number of carbonyl (C=O) groups excluding carboxylic acids is 1. The lowest BCUT2D eigenvalue weighted by Gasteiger charge is -2.52. The molecule has 2 aliphatic carbocycles. The summed E-state index contributed by atoms with van der Waals surface area (Å²) in [5, 5.41) is 2.83. The summed E-state index contributed by atoms with van der Waals surface area (Å²) >= 11 is 0. The predicted octanol–water partition coefficient (Wildman–Crippen LogP) is 5.10. The number of hydrogen-bond acceptors (Lipinski definition) is 4. The van der Waals surface area contributed by atoms with Crippen LogP contribution < -0.4 is 14.8 Å². The van der Waals surface area contributed by atoms with Crippen molar-refractivity contribution in [1.82, 2.24) is 0 Å². The van der Waals surface area contributed by atoms with Crippen LogP contribution in [0.25, 0.3) is 0 Å². The van der Waals surface area contributed by atoms with Gasteiger partial charge in [0.05, 0.1) is 0 Å². The highest BCUT2D eigenvalue weighted by molar-refractivity contribution is 5.85. The van der Waals surface area contributed by atoms with Gasteiger partial charge in [0.15, 0.2) is 11.5 Å². The van der Waals surface area contributed by atoms with E-state index in [4.69, 9.17) is 14.2 Å². The molecule has 25 heavy (non-hydrogen) atoms. The number of hydrogen-bond donors (Lipinski definition) is 1. The van der Waals surface area contributed by atoms with Gasteiger partial charge in [-0.05, 0) is 56.6 Å². The van der Waals surface area contributed by atoms with Crippen LogP contribution in [0.2, 0.25) is 0 Å². The Kier molecular flexibility index (Phi) is 4.48.